The Kier molecular flexibility index (Phi) is 3.73. The van der Waals surface area contributed by atoms with Gasteiger partial charge in [-0.2, -0.15) is 0 Å². The summed E-state index contributed by atoms with van der Waals surface area (Å²) in [5.74, 6) is 0.308. The van der Waals surface area contributed by atoms with Gasteiger partial charge in [0.2, 0.25) is 0 Å². The summed E-state index contributed by atoms with van der Waals surface area (Å²) >= 11 is 0. The number of hydrogen-bond donors (Lipinski definition) is 1. The monoisotopic (exact) mass is 214 g/mol. The Bertz CT molecular complexity index is 243. The highest BCUT2D eigenvalue weighted by Gasteiger charge is 2.43. The summed E-state index contributed by atoms with van der Waals surface area (Å²) in [6.07, 6.45) is 2.40. The number of ether oxygens (including phenoxy) is 1. The molecule has 15 heavy (non-hydrogen) atoms. The molecule has 4 heteroatoms. The van der Waals surface area contributed by atoms with Gasteiger partial charge in [-0.3, -0.25) is 4.79 Å². The summed E-state index contributed by atoms with van der Waals surface area (Å²) in [6, 6.07) is 0.364. The van der Waals surface area contributed by atoms with Crippen molar-refractivity contribution in [3.05, 3.63) is 0 Å². The first-order chi connectivity index (χ1) is 6.90. The molecule has 0 saturated heterocycles. The summed E-state index contributed by atoms with van der Waals surface area (Å²) in [5.41, 5.74) is 5.32. The third-order valence-corrected chi connectivity index (χ3v) is 3.53. The van der Waals surface area contributed by atoms with Crippen molar-refractivity contribution in [2.75, 3.05) is 21.2 Å². The third kappa shape index (κ3) is 2.49. The van der Waals surface area contributed by atoms with Crippen LogP contribution in [0.2, 0.25) is 0 Å². The van der Waals surface area contributed by atoms with Crippen molar-refractivity contribution in [3.8, 4) is 0 Å². The van der Waals surface area contributed by atoms with E-state index in [9.17, 15) is 4.79 Å². The van der Waals surface area contributed by atoms with Crippen LogP contribution in [0, 0.1) is 5.92 Å². The Balaban J connectivity index is 2.76. The number of rotatable bonds is 2. The van der Waals surface area contributed by atoms with Gasteiger partial charge in [0.15, 0.2) is 0 Å². The minimum Gasteiger partial charge on any atom is -0.468 e. The molecule has 0 aromatic carbocycles. The minimum atomic E-state index is -0.782. The smallest absolute Gasteiger partial charge is 0.325 e. The van der Waals surface area contributed by atoms with Crippen molar-refractivity contribution >= 4 is 5.97 Å². The van der Waals surface area contributed by atoms with E-state index in [1.165, 1.54) is 7.11 Å². The molecule has 0 aromatic heterocycles. The maximum absolute atomic E-state index is 11.6. The van der Waals surface area contributed by atoms with Crippen molar-refractivity contribution in [2.45, 2.75) is 37.8 Å². The quantitative estimate of drug-likeness (QED) is 0.684. The van der Waals surface area contributed by atoms with Gasteiger partial charge < -0.3 is 15.4 Å². The van der Waals surface area contributed by atoms with E-state index in [-0.39, 0.29) is 5.97 Å². The van der Waals surface area contributed by atoms with Crippen LogP contribution < -0.4 is 5.73 Å². The van der Waals surface area contributed by atoms with Crippen LogP contribution in [-0.2, 0) is 9.53 Å². The normalized spacial score (nSPS) is 36.7. The summed E-state index contributed by atoms with van der Waals surface area (Å²) in [7, 11) is 5.47. The number of nitrogens with two attached hydrogens (primary N) is 1. The highest BCUT2D eigenvalue weighted by Crippen LogP contribution is 2.33. The molecule has 2 N–H and O–H groups in total. The largest absolute Gasteiger partial charge is 0.468 e. The van der Waals surface area contributed by atoms with Crippen LogP contribution in [0.4, 0.5) is 0 Å². The molecule has 0 aromatic rings. The van der Waals surface area contributed by atoms with Crippen LogP contribution in [0.15, 0.2) is 0 Å². The van der Waals surface area contributed by atoms with E-state index in [0.717, 1.165) is 12.8 Å². The molecule has 1 saturated carbocycles. The molecule has 3 unspecified atom stereocenters. The lowest BCUT2D eigenvalue weighted by Crippen LogP contribution is -2.57. The van der Waals surface area contributed by atoms with Crippen LogP contribution in [-0.4, -0.2) is 43.7 Å². The van der Waals surface area contributed by atoms with Gasteiger partial charge in [0.25, 0.3) is 0 Å². The Morgan fingerprint density at radius 1 is 1.53 bits per heavy atom. The molecule has 0 spiro atoms. The van der Waals surface area contributed by atoms with Gasteiger partial charge in [0.05, 0.1) is 7.11 Å². The molecule has 0 heterocycles. The predicted octanol–water partition coefficient (Wildman–Crippen LogP) is 0.607. The Labute approximate surface area is 91.8 Å². The van der Waals surface area contributed by atoms with Gasteiger partial charge in [-0.1, -0.05) is 6.92 Å². The van der Waals surface area contributed by atoms with E-state index in [4.69, 9.17) is 10.5 Å². The van der Waals surface area contributed by atoms with E-state index in [2.05, 4.69) is 11.8 Å². The van der Waals surface area contributed by atoms with Gasteiger partial charge in [-0.15, -0.1) is 0 Å². The standard InChI is InChI=1S/C11H22N2O2/c1-8-5-6-11(12,10(14)15-4)7-9(8)13(2)3/h8-9H,5-7,12H2,1-4H3. The number of methoxy groups -OCH3 is 1. The second-order valence-corrected chi connectivity index (χ2v) is 4.90. The molecule has 3 atom stereocenters. The summed E-state index contributed by atoms with van der Waals surface area (Å²) in [5, 5.41) is 0. The number of carbonyl (C=O) groups excluding carboxylic acids is 1. The maximum Gasteiger partial charge on any atom is 0.325 e. The van der Waals surface area contributed by atoms with Crippen molar-refractivity contribution in [2.24, 2.45) is 11.7 Å². The van der Waals surface area contributed by atoms with E-state index in [1.807, 2.05) is 14.1 Å². The Hall–Kier alpha value is -0.610. The van der Waals surface area contributed by atoms with Gasteiger partial charge in [-0.05, 0) is 39.3 Å². The zero-order valence-corrected chi connectivity index (χ0v) is 10.1. The third-order valence-electron chi connectivity index (χ3n) is 3.53. The van der Waals surface area contributed by atoms with Crippen molar-refractivity contribution in [3.63, 3.8) is 0 Å². The first kappa shape index (κ1) is 12.5. The SMILES string of the molecule is COC(=O)C1(N)CCC(C)C(N(C)C)C1. The van der Waals surface area contributed by atoms with Crippen molar-refractivity contribution in [1.29, 1.82) is 0 Å². The molecule has 4 nitrogen and oxygen atoms in total. The predicted molar refractivity (Wildman–Crippen MR) is 59.4 cm³/mol. The molecule has 88 valence electrons. The van der Waals surface area contributed by atoms with E-state index in [0.29, 0.717) is 18.4 Å². The lowest BCUT2D eigenvalue weighted by molar-refractivity contribution is -0.149. The molecule has 0 bridgehead atoms. The highest BCUT2D eigenvalue weighted by atomic mass is 16.5. The molecule has 1 aliphatic carbocycles. The van der Waals surface area contributed by atoms with E-state index in [1.54, 1.807) is 0 Å². The number of carbonyl (C=O) groups is 1. The molecule has 0 radical (unpaired) electrons. The summed E-state index contributed by atoms with van der Waals surface area (Å²) in [6.45, 7) is 2.21. The molecular weight excluding hydrogens is 192 g/mol. The van der Waals surface area contributed by atoms with Crippen LogP contribution in [0.3, 0.4) is 0 Å². The fraction of sp³-hybridized carbons (Fsp3) is 0.909. The van der Waals surface area contributed by atoms with Crippen LogP contribution in [0.5, 0.6) is 0 Å². The van der Waals surface area contributed by atoms with Crippen LogP contribution in [0.1, 0.15) is 26.2 Å². The first-order valence-electron chi connectivity index (χ1n) is 5.44. The second kappa shape index (κ2) is 4.49. The molecular formula is C11H22N2O2. The molecule has 0 amide bonds. The van der Waals surface area contributed by atoms with Crippen LogP contribution >= 0.6 is 0 Å². The highest BCUT2D eigenvalue weighted by molar-refractivity contribution is 5.80. The number of hydrogen-bond acceptors (Lipinski definition) is 4. The molecule has 1 rings (SSSR count). The van der Waals surface area contributed by atoms with Gasteiger partial charge in [-0.25, -0.2) is 0 Å². The Morgan fingerprint density at radius 2 is 2.13 bits per heavy atom. The topological polar surface area (TPSA) is 55.6 Å². The zero-order chi connectivity index (χ0) is 11.6. The van der Waals surface area contributed by atoms with E-state index < -0.39 is 5.54 Å². The zero-order valence-electron chi connectivity index (χ0n) is 10.1. The average Bonchev–Trinajstić information content (AvgIpc) is 2.20. The molecule has 1 fully saturated rings. The van der Waals surface area contributed by atoms with Crippen molar-refractivity contribution in [1.82, 2.24) is 4.90 Å². The summed E-state index contributed by atoms with van der Waals surface area (Å²) in [4.78, 5) is 13.7. The second-order valence-electron chi connectivity index (χ2n) is 4.90. The van der Waals surface area contributed by atoms with Crippen molar-refractivity contribution < 1.29 is 9.53 Å². The first-order valence-corrected chi connectivity index (χ1v) is 5.44. The number of esters is 1. The number of nitrogens with zero attached hydrogens (tertiary/aromatic N) is 1. The Morgan fingerprint density at radius 3 is 2.60 bits per heavy atom. The maximum atomic E-state index is 11.6. The van der Waals surface area contributed by atoms with Gasteiger partial charge in [0.1, 0.15) is 5.54 Å². The minimum absolute atomic E-state index is 0.277. The van der Waals surface area contributed by atoms with Gasteiger partial charge in [0, 0.05) is 6.04 Å². The van der Waals surface area contributed by atoms with E-state index >= 15 is 0 Å². The lowest BCUT2D eigenvalue weighted by Gasteiger charge is -2.42. The summed E-state index contributed by atoms with van der Waals surface area (Å²) < 4.78 is 4.77. The molecule has 1 aliphatic rings. The lowest BCUT2D eigenvalue weighted by atomic mass is 9.74. The van der Waals surface area contributed by atoms with Crippen LogP contribution in [0.25, 0.3) is 0 Å². The van der Waals surface area contributed by atoms with Gasteiger partial charge >= 0.3 is 5.97 Å². The average molecular weight is 214 g/mol. The molecule has 0 aliphatic heterocycles. The fourth-order valence-electron chi connectivity index (χ4n) is 2.43. The fourth-order valence-corrected chi connectivity index (χ4v) is 2.43.